The first-order valence-electron chi connectivity index (χ1n) is 7.65. The molecule has 0 aliphatic carbocycles. The van der Waals surface area contributed by atoms with E-state index in [9.17, 15) is 9.59 Å². The maximum absolute atomic E-state index is 12.0. The van der Waals surface area contributed by atoms with Crippen molar-refractivity contribution in [2.45, 2.75) is 59.5 Å². The summed E-state index contributed by atoms with van der Waals surface area (Å²) in [5.74, 6) is 0.228. The Kier molecular flexibility index (Phi) is 10.3. The second kappa shape index (κ2) is 10.8. The van der Waals surface area contributed by atoms with Gasteiger partial charge in [0.25, 0.3) is 0 Å². The topological polar surface area (TPSA) is 70.2 Å². The minimum Gasteiger partial charge on any atom is -0.353 e. The van der Waals surface area contributed by atoms with E-state index < -0.39 is 0 Å². The van der Waals surface area contributed by atoms with Crippen molar-refractivity contribution in [2.75, 3.05) is 19.6 Å². The van der Waals surface area contributed by atoms with Gasteiger partial charge in [-0.2, -0.15) is 0 Å². The van der Waals surface area contributed by atoms with E-state index in [1.54, 1.807) is 0 Å². The predicted octanol–water partition coefficient (Wildman–Crippen LogP) is 1.08. The molecule has 0 spiro atoms. The van der Waals surface area contributed by atoms with Gasteiger partial charge in [0.05, 0.1) is 6.04 Å². The van der Waals surface area contributed by atoms with Crippen molar-refractivity contribution < 1.29 is 9.59 Å². The highest BCUT2D eigenvalue weighted by atomic mass is 16.2. The molecule has 0 rings (SSSR count). The number of ketones is 1. The first-order valence-corrected chi connectivity index (χ1v) is 7.65. The Morgan fingerprint density at radius 3 is 2.15 bits per heavy atom. The summed E-state index contributed by atoms with van der Waals surface area (Å²) < 4.78 is 0. The van der Waals surface area contributed by atoms with E-state index in [1.807, 2.05) is 20.8 Å². The van der Waals surface area contributed by atoms with Crippen molar-refractivity contribution in [1.82, 2.24) is 16.0 Å². The van der Waals surface area contributed by atoms with E-state index in [1.165, 1.54) is 0 Å². The average Bonchev–Trinajstić information content (AvgIpc) is 2.38. The molecule has 0 aliphatic rings. The molecule has 0 saturated carbocycles. The number of amides is 1. The zero-order valence-electron chi connectivity index (χ0n) is 13.6. The first-order chi connectivity index (χ1) is 9.38. The fraction of sp³-hybridized carbons (Fsp3) is 0.867. The molecular weight excluding hydrogens is 254 g/mol. The van der Waals surface area contributed by atoms with Crippen LogP contribution in [0.15, 0.2) is 0 Å². The van der Waals surface area contributed by atoms with Gasteiger partial charge in [-0.3, -0.25) is 9.59 Å². The first kappa shape index (κ1) is 19.1. The molecule has 1 atom stereocenters. The summed E-state index contributed by atoms with van der Waals surface area (Å²) in [6, 6.07) is 0.141. The molecule has 0 bridgehead atoms. The summed E-state index contributed by atoms with van der Waals surface area (Å²) >= 11 is 0. The number of carbonyl (C=O) groups excluding carboxylic acids is 2. The monoisotopic (exact) mass is 285 g/mol. The number of carbonyl (C=O) groups is 2. The maximum Gasteiger partial charge on any atom is 0.237 e. The number of hydrogen-bond acceptors (Lipinski definition) is 4. The number of rotatable bonds is 11. The van der Waals surface area contributed by atoms with Crippen molar-refractivity contribution in [1.29, 1.82) is 0 Å². The number of nitrogens with one attached hydrogen (secondary N) is 3. The summed E-state index contributed by atoms with van der Waals surface area (Å²) in [6.45, 7) is 12.0. The molecular formula is C15H31N3O2. The van der Waals surface area contributed by atoms with E-state index in [-0.39, 0.29) is 23.7 Å². The zero-order valence-corrected chi connectivity index (χ0v) is 13.6. The molecule has 0 aromatic heterocycles. The number of likely N-dealkylation sites (N-methyl/N-ethyl adjacent to an activating group) is 1. The quantitative estimate of drug-likeness (QED) is 0.497. The Hall–Kier alpha value is -0.940. The van der Waals surface area contributed by atoms with Crippen LogP contribution in [0.2, 0.25) is 0 Å². The SMILES string of the molecule is CCNC(CCC(=O)C(C)C)C(=O)NCCNC(C)C. The van der Waals surface area contributed by atoms with Gasteiger partial charge in [0.1, 0.15) is 5.78 Å². The Morgan fingerprint density at radius 2 is 1.65 bits per heavy atom. The van der Waals surface area contributed by atoms with Crippen molar-refractivity contribution in [3.8, 4) is 0 Å². The van der Waals surface area contributed by atoms with Gasteiger partial charge in [-0.05, 0) is 13.0 Å². The molecule has 20 heavy (non-hydrogen) atoms. The van der Waals surface area contributed by atoms with Crippen molar-refractivity contribution in [2.24, 2.45) is 5.92 Å². The lowest BCUT2D eigenvalue weighted by atomic mass is 10.0. The lowest BCUT2D eigenvalue weighted by Crippen LogP contribution is -2.46. The van der Waals surface area contributed by atoms with Gasteiger partial charge in [-0.1, -0.05) is 34.6 Å². The average molecular weight is 285 g/mol. The third kappa shape index (κ3) is 9.04. The van der Waals surface area contributed by atoms with Gasteiger partial charge in [0, 0.05) is 31.5 Å². The zero-order chi connectivity index (χ0) is 15.5. The molecule has 0 fully saturated rings. The second-order valence-corrected chi connectivity index (χ2v) is 5.67. The third-order valence-electron chi connectivity index (χ3n) is 3.07. The Balaban J connectivity index is 4.09. The molecule has 118 valence electrons. The molecule has 0 saturated heterocycles. The molecule has 3 N–H and O–H groups in total. The summed E-state index contributed by atoms with van der Waals surface area (Å²) in [6.07, 6.45) is 1.02. The van der Waals surface area contributed by atoms with Crippen LogP contribution in [-0.4, -0.2) is 43.4 Å². The van der Waals surface area contributed by atoms with E-state index >= 15 is 0 Å². The summed E-state index contributed by atoms with van der Waals surface area (Å²) in [5, 5.41) is 9.29. The lowest BCUT2D eigenvalue weighted by Gasteiger charge is -2.18. The van der Waals surface area contributed by atoms with Crippen LogP contribution in [0.5, 0.6) is 0 Å². The Bertz CT molecular complexity index is 291. The van der Waals surface area contributed by atoms with Gasteiger partial charge in [-0.15, -0.1) is 0 Å². The van der Waals surface area contributed by atoms with Crippen LogP contribution in [-0.2, 0) is 9.59 Å². The summed E-state index contributed by atoms with van der Waals surface area (Å²) in [4.78, 5) is 23.7. The fourth-order valence-electron chi connectivity index (χ4n) is 1.82. The van der Waals surface area contributed by atoms with Crippen LogP contribution in [0.4, 0.5) is 0 Å². The molecule has 0 aromatic carbocycles. The number of hydrogen-bond donors (Lipinski definition) is 3. The molecule has 0 aromatic rings. The van der Waals surface area contributed by atoms with Gasteiger partial charge >= 0.3 is 0 Å². The van der Waals surface area contributed by atoms with Crippen molar-refractivity contribution >= 4 is 11.7 Å². The minimum atomic E-state index is -0.276. The molecule has 0 aliphatic heterocycles. The van der Waals surface area contributed by atoms with E-state index in [0.29, 0.717) is 25.4 Å². The Labute approximate surface area is 123 Å². The molecule has 5 heteroatoms. The molecule has 0 heterocycles. The van der Waals surface area contributed by atoms with Gasteiger partial charge < -0.3 is 16.0 Å². The highest BCUT2D eigenvalue weighted by Crippen LogP contribution is 2.05. The van der Waals surface area contributed by atoms with Crippen LogP contribution in [0.3, 0.4) is 0 Å². The van der Waals surface area contributed by atoms with Gasteiger partial charge in [0.15, 0.2) is 0 Å². The molecule has 1 unspecified atom stereocenters. The van der Waals surface area contributed by atoms with Gasteiger partial charge in [0.2, 0.25) is 5.91 Å². The second-order valence-electron chi connectivity index (χ2n) is 5.67. The summed E-state index contributed by atoms with van der Waals surface area (Å²) in [7, 11) is 0. The molecule has 5 nitrogen and oxygen atoms in total. The Morgan fingerprint density at radius 1 is 1.00 bits per heavy atom. The number of Topliss-reactive ketones (excluding diaryl/α,β-unsaturated/α-hetero) is 1. The standard InChI is InChI=1S/C15H31N3O2/c1-6-16-13(7-8-14(19)11(2)3)15(20)18-10-9-17-12(4)5/h11-13,16-17H,6-10H2,1-5H3,(H,18,20). The summed E-state index contributed by atoms with van der Waals surface area (Å²) in [5.41, 5.74) is 0. The molecule has 0 radical (unpaired) electrons. The molecule has 1 amide bonds. The van der Waals surface area contributed by atoms with Gasteiger partial charge in [-0.25, -0.2) is 0 Å². The smallest absolute Gasteiger partial charge is 0.237 e. The predicted molar refractivity (Wildman–Crippen MR) is 82.7 cm³/mol. The van der Waals surface area contributed by atoms with Crippen LogP contribution in [0.1, 0.15) is 47.5 Å². The van der Waals surface area contributed by atoms with E-state index in [0.717, 1.165) is 13.1 Å². The minimum absolute atomic E-state index is 0.0195. The van der Waals surface area contributed by atoms with Crippen LogP contribution < -0.4 is 16.0 Å². The van der Waals surface area contributed by atoms with Crippen molar-refractivity contribution in [3.63, 3.8) is 0 Å². The third-order valence-corrected chi connectivity index (χ3v) is 3.07. The fourth-order valence-corrected chi connectivity index (χ4v) is 1.82. The van der Waals surface area contributed by atoms with Crippen LogP contribution >= 0.6 is 0 Å². The van der Waals surface area contributed by atoms with Crippen molar-refractivity contribution in [3.05, 3.63) is 0 Å². The van der Waals surface area contributed by atoms with E-state index in [2.05, 4.69) is 29.8 Å². The van der Waals surface area contributed by atoms with E-state index in [4.69, 9.17) is 0 Å². The normalized spacial score (nSPS) is 12.8. The lowest BCUT2D eigenvalue weighted by molar-refractivity contribution is -0.124. The largest absolute Gasteiger partial charge is 0.353 e. The maximum atomic E-state index is 12.0. The van der Waals surface area contributed by atoms with Crippen LogP contribution in [0.25, 0.3) is 0 Å². The highest BCUT2D eigenvalue weighted by molar-refractivity contribution is 5.84. The highest BCUT2D eigenvalue weighted by Gasteiger charge is 2.18. The van der Waals surface area contributed by atoms with Crippen LogP contribution in [0, 0.1) is 5.92 Å².